The third kappa shape index (κ3) is 4.05. The molecular weight excluding hydrogens is 305 g/mol. The van der Waals surface area contributed by atoms with Crippen molar-refractivity contribution < 1.29 is 13.7 Å². The van der Waals surface area contributed by atoms with Crippen molar-refractivity contribution in [3.63, 3.8) is 0 Å². The Balaban J connectivity index is 2.18. The van der Waals surface area contributed by atoms with Crippen LogP contribution in [-0.4, -0.2) is 31.6 Å². The molecule has 0 saturated carbocycles. The summed E-state index contributed by atoms with van der Waals surface area (Å²) in [5, 5.41) is 0. The lowest BCUT2D eigenvalue weighted by Gasteiger charge is -2.32. The Bertz CT molecular complexity index is 548. The smallest absolute Gasteiger partial charge is 0.407 e. The first kappa shape index (κ1) is 18.6. The average Bonchev–Trinajstić information content (AvgIpc) is 2.56. The van der Waals surface area contributed by atoms with E-state index < -0.39 is 8.32 Å². The molecule has 2 rings (SSSR count). The molecule has 0 aromatic carbocycles. The van der Waals surface area contributed by atoms with Crippen LogP contribution in [0.25, 0.3) is 0 Å². The highest BCUT2D eigenvalue weighted by Gasteiger charge is 2.51. The highest BCUT2D eigenvalue weighted by molar-refractivity contribution is 6.69. The maximum atomic E-state index is 6.26. The lowest BCUT2D eigenvalue weighted by Crippen LogP contribution is -2.41. The summed E-state index contributed by atoms with van der Waals surface area (Å²) in [5.41, 5.74) is 0.808. The van der Waals surface area contributed by atoms with Gasteiger partial charge < -0.3 is 13.7 Å². The molecule has 0 bridgehead atoms. The quantitative estimate of drug-likeness (QED) is 0.790. The molecule has 128 valence electrons. The second-order valence-electron chi connectivity index (χ2n) is 8.79. The van der Waals surface area contributed by atoms with Crippen LogP contribution in [0, 0.1) is 0 Å². The molecule has 1 aliphatic rings. The summed E-state index contributed by atoms with van der Waals surface area (Å²) in [6.07, 6.45) is 1.84. The Hall–Kier alpha value is -0.688. The van der Waals surface area contributed by atoms with Gasteiger partial charge >= 0.3 is 7.12 Å². The molecule has 6 heteroatoms. The molecule has 1 aromatic heterocycles. The summed E-state index contributed by atoms with van der Waals surface area (Å²) < 4.78 is 18.4. The van der Waals surface area contributed by atoms with Crippen molar-refractivity contribution in [3.8, 4) is 0 Å². The molecule has 0 amide bonds. The van der Waals surface area contributed by atoms with Crippen molar-refractivity contribution in [1.82, 2.24) is 4.98 Å². The number of rotatable bonds is 4. The Kier molecular flexibility index (Phi) is 4.61. The molecule has 0 unspecified atom stereocenters. The largest absolute Gasteiger partial charge is 0.496 e. The van der Waals surface area contributed by atoms with Crippen LogP contribution >= 0.6 is 0 Å². The van der Waals surface area contributed by atoms with Crippen LogP contribution < -0.4 is 5.46 Å². The third-order valence-corrected chi connectivity index (χ3v) is 5.61. The van der Waals surface area contributed by atoms with Gasteiger partial charge in [0.25, 0.3) is 0 Å². The van der Waals surface area contributed by atoms with Gasteiger partial charge in [-0.15, -0.1) is 0 Å². The zero-order chi connectivity index (χ0) is 17.7. The predicted molar refractivity (Wildman–Crippen MR) is 97.4 cm³/mol. The molecule has 0 radical (unpaired) electrons. The summed E-state index contributed by atoms with van der Waals surface area (Å²) in [6, 6.07) is 4.04. The van der Waals surface area contributed by atoms with Crippen molar-refractivity contribution >= 4 is 20.9 Å². The first-order valence-corrected chi connectivity index (χ1v) is 11.7. The fourth-order valence-corrected chi connectivity index (χ4v) is 4.33. The van der Waals surface area contributed by atoms with E-state index in [0.29, 0.717) is 0 Å². The van der Waals surface area contributed by atoms with Gasteiger partial charge in [-0.1, -0.05) is 6.07 Å². The van der Waals surface area contributed by atoms with Crippen LogP contribution in [-0.2, 0) is 19.3 Å². The normalized spacial score (nSPS) is 20.8. The molecule has 0 aliphatic carbocycles. The van der Waals surface area contributed by atoms with E-state index in [-0.39, 0.29) is 23.9 Å². The Morgan fingerprint density at radius 2 is 1.57 bits per heavy atom. The number of hydrogen-bond donors (Lipinski definition) is 0. The molecule has 1 aromatic rings. The van der Waals surface area contributed by atoms with Crippen molar-refractivity contribution in [2.24, 2.45) is 0 Å². The fourth-order valence-electron chi connectivity index (χ4n) is 2.70. The lowest BCUT2D eigenvalue weighted by molar-refractivity contribution is 0.00578. The summed E-state index contributed by atoms with van der Waals surface area (Å²) in [4.78, 5) is 4.61. The highest BCUT2D eigenvalue weighted by Crippen LogP contribution is 2.36. The zero-order valence-corrected chi connectivity index (χ0v) is 17.0. The van der Waals surface area contributed by atoms with Gasteiger partial charge in [0.2, 0.25) is 0 Å². The molecule has 2 heterocycles. The third-order valence-electron chi connectivity index (χ3n) is 4.49. The van der Waals surface area contributed by atoms with Crippen LogP contribution in [0.3, 0.4) is 0 Å². The Morgan fingerprint density at radius 1 is 1.04 bits per heavy atom. The summed E-state index contributed by atoms with van der Waals surface area (Å²) in [5.74, 6) is 0. The van der Waals surface area contributed by atoms with Crippen molar-refractivity contribution in [3.05, 3.63) is 24.0 Å². The molecule has 1 aliphatic heterocycles. The van der Waals surface area contributed by atoms with E-state index in [1.807, 2.05) is 18.3 Å². The monoisotopic (exact) mass is 335 g/mol. The van der Waals surface area contributed by atoms with E-state index in [0.717, 1.165) is 11.2 Å². The van der Waals surface area contributed by atoms with Gasteiger partial charge in [-0.25, -0.2) is 0 Å². The number of nitrogens with zero attached hydrogens (tertiary/aromatic N) is 1. The number of aromatic nitrogens is 1. The van der Waals surface area contributed by atoms with E-state index in [9.17, 15) is 0 Å². The van der Waals surface area contributed by atoms with Gasteiger partial charge in [-0.05, 0) is 67.2 Å². The molecular formula is C17H30BNO3Si. The minimum atomic E-state index is -1.64. The maximum Gasteiger partial charge on any atom is 0.496 e. The van der Waals surface area contributed by atoms with Crippen LogP contribution in [0.5, 0.6) is 0 Å². The second-order valence-corrected chi connectivity index (χ2v) is 13.2. The number of pyridine rings is 1. The molecule has 1 fully saturated rings. The van der Waals surface area contributed by atoms with Crippen molar-refractivity contribution in [2.45, 2.75) is 78.0 Å². The Labute approximate surface area is 142 Å². The summed E-state index contributed by atoms with van der Waals surface area (Å²) >= 11 is 0. The summed E-state index contributed by atoms with van der Waals surface area (Å²) in [7, 11) is -2.01. The Morgan fingerprint density at radius 3 is 1.96 bits per heavy atom. The minimum Gasteiger partial charge on any atom is -0.407 e. The molecule has 1 saturated heterocycles. The molecule has 23 heavy (non-hydrogen) atoms. The molecule has 0 spiro atoms. The van der Waals surface area contributed by atoms with E-state index in [1.165, 1.54) is 0 Å². The molecule has 0 N–H and O–H groups in total. The van der Waals surface area contributed by atoms with E-state index in [4.69, 9.17) is 13.7 Å². The van der Waals surface area contributed by atoms with Crippen molar-refractivity contribution in [2.75, 3.05) is 0 Å². The average molecular weight is 335 g/mol. The van der Waals surface area contributed by atoms with Crippen molar-refractivity contribution in [1.29, 1.82) is 0 Å². The highest BCUT2D eigenvalue weighted by atomic mass is 28.4. The molecule has 4 nitrogen and oxygen atoms in total. The first-order chi connectivity index (χ1) is 10.2. The SMILES string of the molecule is CC(C)(O[Si](C)(C)C)c1ccc(B2OC(C)(C)C(C)(C)O2)cn1. The summed E-state index contributed by atoms with van der Waals surface area (Å²) in [6.45, 7) is 18.9. The van der Waals surface area contributed by atoms with E-state index >= 15 is 0 Å². The van der Waals surface area contributed by atoms with Gasteiger partial charge in [-0.3, -0.25) is 4.98 Å². The number of hydrogen-bond acceptors (Lipinski definition) is 4. The standard InChI is InChI=1S/C17H30BNO3Si/c1-15(2,22-23(7,8)9)14-11-10-13(12-19-14)18-20-16(3,4)17(5,6)21-18/h10-12H,1-9H3. The minimum absolute atomic E-state index is 0.337. The van der Waals surface area contributed by atoms with E-state index in [2.05, 4.69) is 66.2 Å². The van der Waals surface area contributed by atoms with Crippen LogP contribution in [0.4, 0.5) is 0 Å². The van der Waals surface area contributed by atoms with Gasteiger partial charge in [0.15, 0.2) is 8.32 Å². The fraction of sp³-hybridized carbons (Fsp3) is 0.706. The molecule has 0 atom stereocenters. The van der Waals surface area contributed by atoms with Gasteiger partial charge in [-0.2, -0.15) is 0 Å². The van der Waals surface area contributed by atoms with Crippen LogP contribution in [0.2, 0.25) is 19.6 Å². The topological polar surface area (TPSA) is 40.6 Å². The van der Waals surface area contributed by atoms with Gasteiger partial charge in [0, 0.05) is 11.7 Å². The van der Waals surface area contributed by atoms with Gasteiger partial charge in [0.1, 0.15) is 0 Å². The predicted octanol–water partition coefficient (Wildman–Crippen LogP) is 3.47. The second kappa shape index (κ2) is 5.69. The first-order valence-electron chi connectivity index (χ1n) is 8.26. The van der Waals surface area contributed by atoms with Crippen LogP contribution in [0.15, 0.2) is 18.3 Å². The van der Waals surface area contributed by atoms with Gasteiger partial charge in [0.05, 0.1) is 22.5 Å². The lowest BCUT2D eigenvalue weighted by atomic mass is 9.80. The van der Waals surface area contributed by atoms with Crippen LogP contribution in [0.1, 0.15) is 47.2 Å². The zero-order valence-electron chi connectivity index (χ0n) is 16.0. The van der Waals surface area contributed by atoms with E-state index in [1.54, 1.807) is 0 Å². The maximum absolute atomic E-state index is 6.26.